The van der Waals surface area contributed by atoms with E-state index in [0.717, 1.165) is 25.2 Å². The number of aryl methyl sites for hydroxylation is 3. The first-order valence-electron chi connectivity index (χ1n) is 8.07. The molecule has 0 saturated heterocycles. The Kier molecular flexibility index (Phi) is 6.02. The van der Waals surface area contributed by atoms with Crippen molar-refractivity contribution >= 4 is 0 Å². The summed E-state index contributed by atoms with van der Waals surface area (Å²) in [5.41, 5.74) is 11.1. The quantitative estimate of drug-likeness (QED) is 0.763. The maximum atomic E-state index is 5.93. The molecule has 0 spiro atoms. The second-order valence-electron chi connectivity index (χ2n) is 6.08. The van der Waals surface area contributed by atoms with Crippen LogP contribution in [-0.4, -0.2) is 13.2 Å². The van der Waals surface area contributed by atoms with E-state index in [1.54, 1.807) is 0 Å². The number of hydrogen-bond acceptors (Lipinski definition) is 2. The van der Waals surface area contributed by atoms with Gasteiger partial charge < -0.3 is 10.5 Å². The van der Waals surface area contributed by atoms with Gasteiger partial charge in [-0.25, -0.2) is 0 Å². The summed E-state index contributed by atoms with van der Waals surface area (Å²) in [7, 11) is 0. The predicted octanol–water partition coefficient (Wildman–Crippen LogP) is 4.51. The molecule has 1 atom stereocenters. The van der Waals surface area contributed by atoms with Gasteiger partial charge in [0.15, 0.2) is 0 Å². The zero-order chi connectivity index (χ0) is 15.9. The van der Waals surface area contributed by atoms with Gasteiger partial charge in [0.05, 0.1) is 6.61 Å². The zero-order valence-corrected chi connectivity index (χ0v) is 13.9. The monoisotopic (exact) mass is 297 g/mol. The van der Waals surface area contributed by atoms with Gasteiger partial charge in [0.25, 0.3) is 0 Å². The molecule has 0 saturated carbocycles. The van der Waals surface area contributed by atoms with Crippen molar-refractivity contribution in [3.63, 3.8) is 0 Å². The van der Waals surface area contributed by atoms with Gasteiger partial charge in [0.2, 0.25) is 0 Å². The number of benzene rings is 2. The Bertz CT molecular complexity index is 589. The predicted molar refractivity (Wildman–Crippen MR) is 93.6 cm³/mol. The minimum absolute atomic E-state index is 0.420. The minimum atomic E-state index is 0.420. The summed E-state index contributed by atoms with van der Waals surface area (Å²) in [4.78, 5) is 0. The molecule has 2 nitrogen and oxygen atoms in total. The summed E-state index contributed by atoms with van der Waals surface area (Å²) >= 11 is 0. The van der Waals surface area contributed by atoms with E-state index < -0.39 is 0 Å². The maximum absolute atomic E-state index is 5.93. The van der Waals surface area contributed by atoms with Crippen LogP contribution in [0.25, 0.3) is 0 Å². The van der Waals surface area contributed by atoms with Crippen LogP contribution in [0.2, 0.25) is 0 Å². The minimum Gasteiger partial charge on any atom is -0.494 e. The molecule has 2 heteroatoms. The van der Waals surface area contributed by atoms with Crippen molar-refractivity contribution in [3.05, 3.63) is 64.7 Å². The topological polar surface area (TPSA) is 35.2 Å². The lowest BCUT2D eigenvalue weighted by Gasteiger charge is -2.16. The summed E-state index contributed by atoms with van der Waals surface area (Å²) in [6.45, 7) is 7.77. The molecule has 0 aromatic heterocycles. The molecule has 2 rings (SSSR count). The second-order valence-corrected chi connectivity index (χ2v) is 6.08. The van der Waals surface area contributed by atoms with Crippen LogP contribution in [0.5, 0.6) is 5.75 Å². The van der Waals surface area contributed by atoms with Crippen molar-refractivity contribution in [2.45, 2.75) is 39.5 Å². The van der Waals surface area contributed by atoms with Gasteiger partial charge in [-0.2, -0.15) is 0 Å². The Labute approximate surface area is 134 Å². The summed E-state index contributed by atoms with van der Waals surface area (Å²) in [6, 6.07) is 15.0. The molecule has 0 aliphatic heterocycles. The van der Waals surface area contributed by atoms with Gasteiger partial charge >= 0.3 is 0 Å². The highest BCUT2D eigenvalue weighted by molar-refractivity contribution is 5.33. The lowest BCUT2D eigenvalue weighted by molar-refractivity contribution is 0.301. The highest BCUT2D eigenvalue weighted by Gasteiger charge is 2.09. The Hall–Kier alpha value is -1.80. The number of hydrogen-bond donors (Lipinski definition) is 1. The van der Waals surface area contributed by atoms with E-state index in [0.29, 0.717) is 12.5 Å². The SMILES string of the molecule is Cc1ccc(C(CN)CCCOc2ccc(C)c(C)c2)cc1. The van der Waals surface area contributed by atoms with Gasteiger partial charge in [0, 0.05) is 0 Å². The van der Waals surface area contributed by atoms with E-state index in [4.69, 9.17) is 10.5 Å². The number of rotatable bonds is 7. The fraction of sp³-hybridized carbons (Fsp3) is 0.400. The molecular formula is C20H27NO. The molecule has 0 heterocycles. The van der Waals surface area contributed by atoms with E-state index in [1.165, 1.54) is 22.3 Å². The van der Waals surface area contributed by atoms with Crippen LogP contribution in [-0.2, 0) is 0 Å². The van der Waals surface area contributed by atoms with Crippen LogP contribution >= 0.6 is 0 Å². The zero-order valence-electron chi connectivity index (χ0n) is 13.9. The van der Waals surface area contributed by atoms with Gasteiger partial charge in [-0.05, 0) is 74.9 Å². The standard InChI is InChI=1S/C20H27NO/c1-15-6-9-18(10-7-15)19(14-21)5-4-12-22-20-11-8-16(2)17(3)13-20/h6-11,13,19H,4-5,12,14,21H2,1-3H3. The Morgan fingerprint density at radius 3 is 2.32 bits per heavy atom. The van der Waals surface area contributed by atoms with E-state index in [-0.39, 0.29) is 0 Å². The molecule has 0 aliphatic carbocycles. The van der Waals surface area contributed by atoms with Crippen LogP contribution in [0.4, 0.5) is 0 Å². The Balaban J connectivity index is 1.81. The molecule has 1 unspecified atom stereocenters. The van der Waals surface area contributed by atoms with Crippen molar-refractivity contribution < 1.29 is 4.74 Å². The van der Waals surface area contributed by atoms with Gasteiger partial charge in [-0.1, -0.05) is 35.9 Å². The average Bonchev–Trinajstić information content (AvgIpc) is 2.52. The summed E-state index contributed by atoms with van der Waals surface area (Å²) < 4.78 is 5.85. The lowest BCUT2D eigenvalue weighted by atomic mass is 9.94. The van der Waals surface area contributed by atoms with E-state index in [2.05, 4.69) is 57.2 Å². The van der Waals surface area contributed by atoms with Crippen molar-refractivity contribution in [1.82, 2.24) is 0 Å². The van der Waals surface area contributed by atoms with Crippen molar-refractivity contribution in [2.75, 3.05) is 13.2 Å². The van der Waals surface area contributed by atoms with Crippen molar-refractivity contribution in [3.8, 4) is 5.75 Å². The first-order valence-corrected chi connectivity index (χ1v) is 8.07. The van der Waals surface area contributed by atoms with E-state index >= 15 is 0 Å². The first kappa shape index (κ1) is 16.6. The smallest absolute Gasteiger partial charge is 0.119 e. The molecule has 0 radical (unpaired) electrons. The van der Waals surface area contributed by atoms with Gasteiger partial charge in [0.1, 0.15) is 5.75 Å². The third kappa shape index (κ3) is 4.60. The van der Waals surface area contributed by atoms with Crippen molar-refractivity contribution in [2.24, 2.45) is 5.73 Å². The molecular weight excluding hydrogens is 270 g/mol. The molecule has 22 heavy (non-hydrogen) atoms. The van der Waals surface area contributed by atoms with Crippen LogP contribution in [0.3, 0.4) is 0 Å². The van der Waals surface area contributed by atoms with E-state index in [9.17, 15) is 0 Å². The van der Waals surface area contributed by atoms with Gasteiger partial charge in [-0.15, -0.1) is 0 Å². The number of ether oxygens (including phenoxy) is 1. The highest BCUT2D eigenvalue weighted by atomic mass is 16.5. The normalized spacial score (nSPS) is 12.2. The van der Waals surface area contributed by atoms with Crippen LogP contribution in [0, 0.1) is 20.8 Å². The molecule has 118 valence electrons. The Morgan fingerprint density at radius 2 is 1.68 bits per heavy atom. The highest BCUT2D eigenvalue weighted by Crippen LogP contribution is 2.21. The summed E-state index contributed by atoms with van der Waals surface area (Å²) in [6.07, 6.45) is 2.08. The largest absolute Gasteiger partial charge is 0.494 e. The Morgan fingerprint density at radius 1 is 0.955 bits per heavy atom. The fourth-order valence-corrected chi connectivity index (χ4v) is 2.58. The van der Waals surface area contributed by atoms with Crippen LogP contribution in [0.1, 0.15) is 41.0 Å². The average molecular weight is 297 g/mol. The van der Waals surface area contributed by atoms with Crippen LogP contribution in [0.15, 0.2) is 42.5 Å². The summed E-state index contributed by atoms with van der Waals surface area (Å²) in [5.74, 6) is 1.38. The first-order chi connectivity index (χ1) is 10.6. The molecule has 0 aliphatic rings. The second kappa shape index (κ2) is 8.00. The number of nitrogens with two attached hydrogens (primary N) is 1. The molecule has 2 aromatic rings. The third-order valence-electron chi connectivity index (χ3n) is 4.28. The van der Waals surface area contributed by atoms with E-state index in [1.807, 2.05) is 6.07 Å². The third-order valence-corrected chi connectivity index (χ3v) is 4.28. The fourth-order valence-electron chi connectivity index (χ4n) is 2.58. The van der Waals surface area contributed by atoms with Crippen LogP contribution < -0.4 is 10.5 Å². The lowest BCUT2D eigenvalue weighted by Crippen LogP contribution is -2.13. The summed E-state index contributed by atoms with van der Waals surface area (Å²) in [5, 5.41) is 0. The molecule has 0 bridgehead atoms. The molecule has 0 amide bonds. The molecule has 0 fully saturated rings. The van der Waals surface area contributed by atoms with Crippen molar-refractivity contribution in [1.29, 1.82) is 0 Å². The molecule has 2 aromatic carbocycles. The van der Waals surface area contributed by atoms with Gasteiger partial charge in [-0.3, -0.25) is 0 Å². The molecule has 2 N–H and O–H groups in total. The maximum Gasteiger partial charge on any atom is 0.119 e.